The average molecular weight is 296 g/mol. The van der Waals surface area contributed by atoms with Gasteiger partial charge in [0.1, 0.15) is 11.7 Å². The molecule has 2 N–H and O–H groups in total. The number of carboxylic acid groups (broad SMARTS) is 1. The lowest BCUT2D eigenvalue weighted by atomic mass is 10.0. The van der Waals surface area contributed by atoms with Crippen LogP contribution in [0.3, 0.4) is 0 Å². The van der Waals surface area contributed by atoms with Crippen molar-refractivity contribution in [1.82, 2.24) is 4.90 Å². The van der Waals surface area contributed by atoms with E-state index >= 15 is 0 Å². The number of urea groups is 1. The Balaban J connectivity index is 2.11. The second-order valence-electron chi connectivity index (χ2n) is 5.02. The van der Waals surface area contributed by atoms with Gasteiger partial charge >= 0.3 is 12.0 Å². The van der Waals surface area contributed by atoms with Gasteiger partial charge in [-0.2, -0.15) is 0 Å². The number of rotatable bonds is 3. The summed E-state index contributed by atoms with van der Waals surface area (Å²) >= 11 is 0. The van der Waals surface area contributed by atoms with Crippen molar-refractivity contribution in [2.75, 3.05) is 25.6 Å². The van der Waals surface area contributed by atoms with Crippen molar-refractivity contribution in [2.45, 2.75) is 13.0 Å². The molecule has 2 amide bonds. The van der Waals surface area contributed by atoms with Crippen LogP contribution in [0.15, 0.2) is 18.2 Å². The van der Waals surface area contributed by atoms with Gasteiger partial charge in [-0.25, -0.2) is 9.18 Å². The van der Waals surface area contributed by atoms with Crippen LogP contribution in [0.2, 0.25) is 0 Å². The summed E-state index contributed by atoms with van der Waals surface area (Å²) in [6.07, 6.45) is 0. The highest BCUT2D eigenvalue weighted by Crippen LogP contribution is 2.22. The van der Waals surface area contributed by atoms with Gasteiger partial charge in [-0.05, 0) is 18.6 Å². The molecular formula is C14H17FN2O4. The van der Waals surface area contributed by atoms with E-state index < -0.39 is 29.8 Å². The predicted octanol–water partition coefficient (Wildman–Crippen LogP) is 1.70. The molecule has 1 fully saturated rings. The van der Waals surface area contributed by atoms with Crippen LogP contribution in [0.4, 0.5) is 14.9 Å². The Morgan fingerprint density at radius 3 is 2.76 bits per heavy atom. The van der Waals surface area contributed by atoms with Crippen molar-refractivity contribution in [2.24, 2.45) is 5.92 Å². The van der Waals surface area contributed by atoms with E-state index in [0.717, 1.165) is 0 Å². The number of hydrogen-bond acceptors (Lipinski definition) is 3. The molecule has 1 aliphatic rings. The second kappa shape index (κ2) is 6.09. The summed E-state index contributed by atoms with van der Waals surface area (Å²) in [4.78, 5) is 24.5. The van der Waals surface area contributed by atoms with Crippen LogP contribution < -0.4 is 5.32 Å². The maximum Gasteiger partial charge on any atom is 0.322 e. The molecule has 6 nitrogen and oxygen atoms in total. The molecule has 1 aliphatic heterocycles. The first-order valence-corrected chi connectivity index (χ1v) is 6.51. The molecule has 2 rings (SSSR count). The van der Waals surface area contributed by atoms with Gasteiger partial charge in [-0.15, -0.1) is 0 Å². The maximum atomic E-state index is 13.7. The molecule has 0 spiro atoms. The van der Waals surface area contributed by atoms with Crippen molar-refractivity contribution in [3.63, 3.8) is 0 Å². The van der Waals surface area contributed by atoms with E-state index in [9.17, 15) is 14.0 Å². The van der Waals surface area contributed by atoms with Crippen LogP contribution in [0.25, 0.3) is 0 Å². The highest BCUT2D eigenvalue weighted by Gasteiger charge is 2.38. The Hall–Kier alpha value is -2.15. The Kier molecular flexibility index (Phi) is 4.42. The summed E-state index contributed by atoms with van der Waals surface area (Å²) in [6.45, 7) is 1.89. The smallest absolute Gasteiger partial charge is 0.322 e. The molecule has 0 saturated carbocycles. The fourth-order valence-corrected chi connectivity index (χ4v) is 2.30. The highest BCUT2D eigenvalue weighted by atomic mass is 19.1. The largest absolute Gasteiger partial charge is 0.481 e. The normalized spacial score (nSPS) is 21.1. The number of amides is 2. The van der Waals surface area contributed by atoms with Gasteiger partial charge < -0.3 is 20.1 Å². The van der Waals surface area contributed by atoms with Crippen molar-refractivity contribution in [1.29, 1.82) is 0 Å². The van der Waals surface area contributed by atoms with Gasteiger partial charge in [-0.1, -0.05) is 12.1 Å². The lowest BCUT2D eigenvalue weighted by Crippen LogP contribution is -2.46. The van der Waals surface area contributed by atoms with Crippen molar-refractivity contribution in [3.05, 3.63) is 29.6 Å². The molecule has 1 aromatic carbocycles. The number of likely N-dealkylation sites (N-methyl/N-ethyl adjacent to an activating group) is 1. The summed E-state index contributed by atoms with van der Waals surface area (Å²) in [5.74, 6) is -2.32. The zero-order valence-electron chi connectivity index (χ0n) is 11.8. The van der Waals surface area contributed by atoms with Crippen LogP contribution in [0.5, 0.6) is 0 Å². The average Bonchev–Trinajstić information content (AvgIpc) is 2.91. The molecule has 2 unspecified atom stereocenters. The van der Waals surface area contributed by atoms with Gasteiger partial charge in [0.15, 0.2) is 0 Å². The van der Waals surface area contributed by atoms with E-state index in [0.29, 0.717) is 5.56 Å². The molecule has 0 aliphatic carbocycles. The number of carbonyl (C=O) groups is 2. The van der Waals surface area contributed by atoms with Crippen LogP contribution in [-0.2, 0) is 9.53 Å². The second-order valence-corrected chi connectivity index (χ2v) is 5.02. The number of aryl methyl sites for hydroxylation is 1. The van der Waals surface area contributed by atoms with Crippen LogP contribution in [-0.4, -0.2) is 48.3 Å². The molecule has 0 bridgehead atoms. The molecule has 2 atom stereocenters. The number of para-hydroxylation sites is 1. The summed E-state index contributed by atoms with van der Waals surface area (Å²) in [6, 6.07) is 3.34. The summed E-state index contributed by atoms with van der Waals surface area (Å²) in [7, 11) is 1.47. The minimum absolute atomic E-state index is 0.0658. The van der Waals surface area contributed by atoms with Crippen LogP contribution in [0.1, 0.15) is 5.56 Å². The maximum absolute atomic E-state index is 13.7. The fraction of sp³-hybridized carbons (Fsp3) is 0.429. The quantitative estimate of drug-likeness (QED) is 0.890. The third-order valence-electron chi connectivity index (χ3n) is 3.64. The van der Waals surface area contributed by atoms with E-state index in [1.54, 1.807) is 19.1 Å². The van der Waals surface area contributed by atoms with Gasteiger partial charge in [0.25, 0.3) is 0 Å². The molecule has 0 aromatic heterocycles. The Bertz CT molecular complexity index is 544. The Morgan fingerprint density at radius 1 is 1.43 bits per heavy atom. The van der Waals surface area contributed by atoms with Gasteiger partial charge in [0.2, 0.25) is 0 Å². The number of hydrogen-bond donors (Lipinski definition) is 2. The molecule has 0 radical (unpaired) electrons. The standard InChI is InChI=1S/C14H17FN2O4/c1-8-4-3-5-10(15)12(8)16-14(20)17(2)11-7-21-6-9(11)13(18)19/h3-5,9,11H,6-7H2,1-2H3,(H,16,20)(H,18,19). The molecular weight excluding hydrogens is 279 g/mol. The van der Waals surface area contributed by atoms with E-state index in [-0.39, 0.29) is 18.9 Å². The summed E-state index contributed by atoms with van der Waals surface area (Å²) in [5, 5.41) is 11.6. The lowest BCUT2D eigenvalue weighted by molar-refractivity contribution is -0.142. The van der Waals surface area contributed by atoms with Gasteiger partial charge in [0.05, 0.1) is 24.9 Å². The Morgan fingerprint density at radius 2 is 2.14 bits per heavy atom. The van der Waals surface area contributed by atoms with Crippen molar-refractivity contribution >= 4 is 17.7 Å². The first kappa shape index (κ1) is 15.2. The third-order valence-corrected chi connectivity index (χ3v) is 3.64. The fourth-order valence-electron chi connectivity index (χ4n) is 2.30. The molecule has 114 valence electrons. The van der Waals surface area contributed by atoms with E-state index in [4.69, 9.17) is 9.84 Å². The first-order valence-electron chi connectivity index (χ1n) is 6.51. The number of aliphatic carboxylic acids is 1. The van der Waals surface area contributed by atoms with E-state index in [1.807, 2.05) is 0 Å². The predicted molar refractivity (Wildman–Crippen MR) is 73.7 cm³/mol. The monoisotopic (exact) mass is 296 g/mol. The SMILES string of the molecule is Cc1cccc(F)c1NC(=O)N(C)C1COCC1C(=O)O. The van der Waals surface area contributed by atoms with E-state index in [1.165, 1.54) is 18.0 Å². The number of benzene rings is 1. The number of ether oxygens (including phenoxy) is 1. The summed E-state index contributed by atoms with van der Waals surface area (Å²) in [5.41, 5.74) is 0.689. The highest BCUT2D eigenvalue weighted by molar-refractivity contribution is 5.90. The molecule has 21 heavy (non-hydrogen) atoms. The van der Waals surface area contributed by atoms with E-state index in [2.05, 4.69) is 5.32 Å². The lowest BCUT2D eigenvalue weighted by Gasteiger charge is -2.26. The zero-order valence-corrected chi connectivity index (χ0v) is 11.8. The molecule has 1 aromatic rings. The minimum Gasteiger partial charge on any atom is -0.481 e. The molecule has 1 saturated heterocycles. The third kappa shape index (κ3) is 3.13. The van der Waals surface area contributed by atoms with Crippen molar-refractivity contribution in [3.8, 4) is 0 Å². The number of carboxylic acids is 1. The number of nitrogens with zero attached hydrogens (tertiary/aromatic N) is 1. The topological polar surface area (TPSA) is 78.9 Å². The zero-order chi connectivity index (χ0) is 15.6. The molecule has 1 heterocycles. The van der Waals surface area contributed by atoms with Crippen LogP contribution >= 0.6 is 0 Å². The number of halogens is 1. The number of nitrogens with one attached hydrogen (secondary N) is 1. The molecule has 7 heteroatoms. The minimum atomic E-state index is -1.01. The van der Waals surface area contributed by atoms with Gasteiger partial charge in [-0.3, -0.25) is 4.79 Å². The van der Waals surface area contributed by atoms with Crippen molar-refractivity contribution < 1.29 is 23.8 Å². The summed E-state index contributed by atoms with van der Waals surface area (Å²) < 4.78 is 18.8. The van der Waals surface area contributed by atoms with Crippen LogP contribution in [0, 0.1) is 18.7 Å². The first-order chi connectivity index (χ1) is 9.91. The Labute approximate surface area is 121 Å². The van der Waals surface area contributed by atoms with Gasteiger partial charge in [0, 0.05) is 7.05 Å². The number of anilines is 1. The number of carbonyl (C=O) groups excluding carboxylic acids is 1.